The van der Waals surface area contributed by atoms with Crippen LogP contribution in [0.3, 0.4) is 0 Å². The van der Waals surface area contributed by atoms with Crippen LogP contribution in [0.15, 0.2) is 22.0 Å². The number of hydrogen-bond acceptors (Lipinski definition) is 3. The Balaban J connectivity index is 3.22. The van der Waals surface area contributed by atoms with E-state index in [4.69, 9.17) is 18.0 Å². The topological polar surface area (TPSA) is 70.2 Å². The van der Waals surface area contributed by atoms with Crippen LogP contribution in [0, 0.1) is 12.3 Å². The van der Waals surface area contributed by atoms with Gasteiger partial charge in [0.1, 0.15) is 5.02 Å². The minimum absolute atomic E-state index is 0.0209. The summed E-state index contributed by atoms with van der Waals surface area (Å²) in [6, 6.07) is 1.12. The SMILES string of the molecule is C#CCN(CCC)S(=O)(=O)c1c[nH]c(=O)c(Cl)c1. The summed E-state index contributed by atoms with van der Waals surface area (Å²) in [6.07, 6.45) is 6.90. The van der Waals surface area contributed by atoms with Gasteiger partial charge in [-0.15, -0.1) is 6.42 Å². The molecule has 1 aromatic heterocycles. The lowest BCUT2D eigenvalue weighted by molar-refractivity contribution is 0.445. The standard InChI is InChI=1S/C11H13ClN2O3S/c1-3-5-14(6-4-2)18(16,17)9-7-10(12)11(15)13-8-9/h1,7-8H,4-6H2,2H3,(H,13,15). The number of halogens is 1. The summed E-state index contributed by atoms with van der Waals surface area (Å²) in [7, 11) is -3.73. The minimum Gasteiger partial charge on any atom is -0.326 e. The van der Waals surface area contributed by atoms with E-state index >= 15 is 0 Å². The molecular weight excluding hydrogens is 276 g/mol. The third-order valence-electron chi connectivity index (χ3n) is 2.21. The first-order chi connectivity index (χ1) is 8.43. The Morgan fingerprint density at radius 2 is 2.22 bits per heavy atom. The zero-order valence-corrected chi connectivity index (χ0v) is 11.4. The summed E-state index contributed by atoms with van der Waals surface area (Å²) in [5, 5.41) is -0.173. The van der Waals surface area contributed by atoms with Gasteiger partial charge >= 0.3 is 0 Å². The van der Waals surface area contributed by atoms with Crippen LogP contribution in [-0.2, 0) is 10.0 Å². The Bertz CT molecular complexity index is 616. The van der Waals surface area contributed by atoms with E-state index in [0.717, 1.165) is 16.6 Å². The second-order valence-corrected chi connectivity index (χ2v) is 5.90. The van der Waals surface area contributed by atoms with E-state index in [-0.39, 0.29) is 16.5 Å². The number of rotatable bonds is 5. The number of aromatic nitrogens is 1. The fraction of sp³-hybridized carbons (Fsp3) is 0.364. The molecule has 5 nitrogen and oxygen atoms in total. The predicted molar refractivity (Wildman–Crippen MR) is 70.0 cm³/mol. The van der Waals surface area contributed by atoms with Crippen molar-refractivity contribution in [1.82, 2.24) is 9.29 Å². The Morgan fingerprint density at radius 1 is 1.56 bits per heavy atom. The van der Waals surface area contributed by atoms with Gasteiger partial charge in [-0.2, -0.15) is 4.31 Å². The summed E-state index contributed by atoms with van der Waals surface area (Å²) in [6.45, 7) is 2.13. The van der Waals surface area contributed by atoms with E-state index in [1.807, 2.05) is 6.92 Å². The van der Waals surface area contributed by atoms with Gasteiger partial charge in [0, 0.05) is 12.7 Å². The first-order valence-electron chi connectivity index (χ1n) is 5.25. The normalized spacial score (nSPS) is 11.4. The highest BCUT2D eigenvalue weighted by molar-refractivity contribution is 7.89. The molecule has 0 radical (unpaired) electrons. The third kappa shape index (κ3) is 3.13. The summed E-state index contributed by atoms with van der Waals surface area (Å²) >= 11 is 5.61. The Morgan fingerprint density at radius 3 is 2.72 bits per heavy atom. The Labute approximate surface area is 111 Å². The van der Waals surface area contributed by atoms with Crippen LogP contribution in [0.25, 0.3) is 0 Å². The van der Waals surface area contributed by atoms with Crippen molar-refractivity contribution in [2.75, 3.05) is 13.1 Å². The lowest BCUT2D eigenvalue weighted by atomic mass is 10.5. The summed E-state index contributed by atoms with van der Waals surface area (Å²) in [5.41, 5.74) is -0.533. The first kappa shape index (κ1) is 14.8. The molecular formula is C11H13ClN2O3S. The van der Waals surface area contributed by atoms with Crippen molar-refractivity contribution in [2.24, 2.45) is 0 Å². The molecule has 0 bridgehead atoms. The molecule has 0 spiro atoms. The van der Waals surface area contributed by atoms with Gasteiger partial charge < -0.3 is 4.98 Å². The molecule has 0 aliphatic rings. The van der Waals surface area contributed by atoms with Gasteiger partial charge in [0.15, 0.2) is 0 Å². The van der Waals surface area contributed by atoms with Crippen LogP contribution < -0.4 is 5.56 Å². The van der Waals surface area contributed by atoms with Crippen LogP contribution in [0.1, 0.15) is 13.3 Å². The monoisotopic (exact) mass is 288 g/mol. The van der Waals surface area contributed by atoms with E-state index in [1.54, 1.807) is 0 Å². The molecule has 0 aliphatic carbocycles. The molecule has 0 amide bonds. The molecule has 7 heteroatoms. The fourth-order valence-corrected chi connectivity index (χ4v) is 3.05. The van der Waals surface area contributed by atoms with Gasteiger partial charge in [0.05, 0.1) is 11.4 Å². The molecule has 1 N–H and O–H groups in total. The van der Waals surface area contributed by atoms with Gasteiger partial charge in [0.25, 0.3) is 5.56 Å². The molecule has 0 saturated carbocycles. The minimum atomic E-state index is -3.73. The van der Waals surface area contributed by atoms with Crippen molar-refractivity contribution >= 4 is 21.6 Å². The molecule has 1 heterocycles. The van der Waals surface area contributed by atoms with Crippen molar-refractivity contribution in [3.8, 4) is 12.3 Å². The van der Waals surface area contributed by atoms with Crippen molar-refractivity contribution in [3.63, 3.8) is 0 Å². The third-order valence-corrected chi connectivity index (χ3v) is 4.31. The average Bonchev–Trinajstić information content (AvgIpc) is 2.32. The average molecular weight is 289 g/mol. The van der Waals surface area contributed by atoms with Crippen LogP contribution in [-0.4, -0.2) is 30.8 Å². The molecule has 0 atom stereocenters. The molecule has 0 aromatic carbocycles. The first-order valence-corrected chi connectivity index (χ1v) is 7.07. The van der Waals surface area contributed by atoms with Crippen molar-refractivity contribution < 1.29 is 8.42 Å². The quantitative estimate of drug-likeness (QED) is 0.824. The molecule has 0 aliphatic heterocycles. The number of pyridine rings is 1. The van der Waals surface area contributed by atoms with E-state index in [9.17, 15) is 13.2 Å². The summed E-state index contributed by atoms with van der Waals surface area (Å²) in [4.78, 5) is 13.3. The van der Waals surface area contributed by atoms with Crippen LogP contribution >= 0.6 is 11.6 Å². The van der Waals surface area contributed by atoms with Gasteiger partial charge in [-0.05, 0) is 12.5 Å². The lowest BCUT2D eigenvalue weighted by Gasteiger charge is -2.18. The highest BCUT2D eigenvalue weighted by Crippen LogP contribution is 2.16. The van der Waals surface area contributed by atoms with Crippen LogP contribution in [0.5, 0.6) is 0 Å². The molecule has 1 rings (SSSR count). The van der Waals surface area contributed by atoms with Crippen molar-refractivity contribution in [2.45, 2.75) is 18.2 Å². The highest BCUT2D eigenvalue weighted by atomic mass is 35.5. The zero-order valence-electron chi connectivity index (χ0n) is 9.81. The largest absolute Gasteiger partial charge is 0.326 e. The van der Waals surface area contributed by atoms with Gasteiger partial charge in [-0.25, -0.2) is 8.42 Å². The number of terminal acetylenes is 1. The molecule has 0 saturated heterocycles. The number of nitrogens with one attached hydrogen (secondary N) is 1. The van der Waals surface area contributed by atoms with Gasteiger partial charge in [-0.1, -0.05) is 24.4 Å². The molecule has 1 aromatic rings. The Hall–Kier alpha value is -1.29. The smallest absolute Gasteiger partial charge is 0.266 e. The van der Waals surface area contributed by atoms with Crippen LogP contribution in [0.2, 0.25) is 5.02 Å². The van der Waals surface area contributed by atoms with E-state index < -0.39 is 15.6 Å². The number of sulfonamides is 1. The summed E-state index contributed by atoms with van der Waals surface area (Å²) in [5.74, 6) is 2.30. The molecule has 0 unspecified atom stereocenters. The van der Waals surface area contributed by atoms with E-state index in [1.165, 1.54) is 0 Å². The maximum absolute atomic E-state index is 12.2. The Kier molecular flexibility index (Phi) is 4.96. The molecule has 18 heavy (non-hydrogen) atoms. The van der Waals surface area contributed by atoms with Crippen molar-refractivity contribution in [1.29, 1.82) is 0 Å². The number of hydrogen-bond donors (Lipinski definition) is 1. The lowest BCUT2D eigenvalue weighted by Crippen LogP contribution is -2.32. The summed E-state index contributed by atoms with van der Waals surface area (Å²) < 4.78 is 25.6. The van der Waals surface area contributed by atoms with Crippen molar-refractivity contribution in [3.05, 3.63) is 27.6 Å². The number of aromatic amines is 1. The highest BCUT2D eigenvalue weighted by Gasteiger charge is 2.23. The zero-order chi connectivity index (χ0) is 13.8. The number of nitrogens with zero attached hydrogens (tertiary/aromatic N) is 1. The van der Waals surface area contributed by atoms with E-state index in [2.05, 4.69) is 10.9 Å². The van der Waals surface area contributed by atoms with E-state index in [0.29, 0.717) is 13.0 Å². The maximum atomic E-state index is 12.2. The maximum Gasteiger partial charge on any atom is 0.266 e. The molecule has 0 fully saturated rings. The number of H-pyrrole nitrogens is 1. The fourth-order valence-electron chi connectivity index (χ4n) is 1.37. The second-order valence-electron chi connectivity index (χ2n) is 3.56. The predicted octanol–water partition coefficient (Wildman–Crippen LogP) is 1.06. The molecule has 98 valence electrons. The van der Waals surface area contributed by atoms with Gasteiger partial charge in [0.2, 0.25) is 10.0 Å². The van der Waals surface area contributed by atoms with Gasteiger partial charge in [-0.3, -0.25) is 4.79 Å². The second kappa shape index (κ2) is 6.05. The van der Waals surface area contributed by atoms with Crippen LogP contribution in [0.4, 0.5) is 0 Å².